The van der Waals surface area contributed by atoms with Gasteiger partial charge in [-0.05, 0) is 130 Å². The van der Waals surface area contributed by atoms with Crippen molar-refractivity contribution >= 4 is 104 Å². The Morgan fingerprint density at radius 2 is 0.500 bits per heavy atom. The number of para-hydroxylation sites is 7. The highest BCUT2D eigenvalue weighted by atomic mass is 15.1. The molecule has 0 fully saturated rings. The highest BCUT2D eigenvalue weighted by molar-refractivity contribution is 6.14. The lowest BCUT2D eigenvalue weighted by molar-refractivity contribution is 1.18. The smallest absolute Gasteiger partial charge is 0.0541 e. The van der Waals surface area contributed by atoms with Gasteiger partial charge in [0, 0.05) is 65.7 Å². The van der Waals surface area contributed by atoms with E-state index in [4.69, 9.17) is 0 Å². The molecule has 4 nitrogen and oxygen atoms in total. The van der Waals surface area contributed by atoms with Crippen LogP contribution < -0.4 is 4.90 Å². The molecule has 0 aliphatic rings. The highest BCUT2D eigenvalue weighted by Gasteiger charge is 2.21. The summed E-state index contributed by atoms with van der Waals surface area (Å²) in [6.07, 6.45) is 0. The summed E-state index contributed by atoms with van der Waals surface area (Å²) < 4.78 is 7.30. The van der Waals surface area contributed by atoms with Gasteiger partial charge < -0.3 is 18.6 Å². The first-order chi connectivity index (χ1) is 41.7. The molecule has 0 aliphatic heterocycles. The van der Waals surface area contributed by atoms with Crippen molar-refractivity contribution < 1.29 is 0 Å². The van der Waals surface area contributed by atoms with Crippen molar-refractivity contribution in [1.82, 2.24) is 13.7 Å². The quantitative estimate of drug-likeness (QED) is 0.141. The average Bonchev–Trinajstić information content (AvgIpc) is 4.37. The molecule has 17 rings (SSSR count). The van der Waals surface area contributed by atoms with Gasteiger partial charge in [0.15, 0.2) is 0 Å². The lowest BCUT2D eigenvalue weighted by Crippen LogP contribution is -2.10. The molecule has 84 heavy (non-hydrogen) atoms. The first-order valence-electron chi connectivity index (χ1n) is 28.9. The molecule has 0 atom stereocenters. The first kappa shape index (κ1) is 47.6. The molecule has 0 saturated heterocycles. The minimum atomic E-state index is 1.06. The summed E-state index contributed by atoms with van der Waals surface area (Å²) in [6.45, 7) is 0. The molecule has 17 aromatic rings. The van der Waals surface area contributed by atoms with Gasteiger partial charge in [-0.2, -0.15) is 0 Å². The van der Waals surface area contributed by atoms with E-state index in [9.17, 15) is 0 Å². The fraction of sp³-hybridized carbons (Fsp3) is 0. The summed E-state index contributed by atoms with van der Waals surface area (Å²) in [5.74, 6) is 0. The van der Waals surface area contributed by atoms with E-state index >= 15 is 0 Å². The standard InChI is InChI=1S/C80H52N4/c1-2-24-64-62(23-1)60(50-51-80(64)84-77-39-15-8-29-70(77)71-30-9-16-40-78(71)84)54-44-48-57(49-45-54)81(58-21-17-20-55(52-58)61-22-3-10-34-72(61)82-73-35-11-4-25-66(73)67-26-5-12-36-74(67)82)56-46-42-53(43-47-56)59-31-18-33-65-63(59)32-19-41-79(65)83-75-37-13-6-27-68(75)69-28-7-14-38-76(69)83/h1-52H. The molecule has 0 N–H and O–H groups in total. The third-order valence-corrected chi connectivity index (χ3v) is 17.5. The number of benzene rings is 14. The van der Waals surface area contributed by atoms with E-state index in [2.05, 4.69) is 334 Å². The van der Waals surface area contributed by atoms with Gasteiger partial charge in [0.25, 0.3) is 0 Å². The predicted octanol–water partition coefficient (Wildman–Crippen LogP) is 21.8. The van der Waals surface area contributed by atoms with E-state index < -0.39 is 0 Å². The Morgan fingerprint density at radius 3 is 0.988 bits per heavy atom. The van der Waals surface area contributed by atoms with Crippen LogP contribution in [0.2, 0.25) is 0 Å². The van der Waals surface area contributed by atoms with Gasteiger partial charge in [0.2, 0.25) is 0 Å². The molecule has 0 radical (unpaired) electrons. The topological polar surface area (TPSA) is 18.0 Å². The lowest BCUT2D eigenvalue weighted by Gasteiger charge is -2.27. The van der Waals surface area contributed by atoms with E-state index in [1.54, 1.807) is 0 Å². The van der Waals surface area contributed by atoms with Gasteiger partial charge in [0.05, 0.1) is 50.2 Å². The maximum atomic E-state index is 2.43. The second kappa shape index (κ2) is 19.2. The third-order valence-electron chi connectivity index (χ3n) is 17.5. The summed E-state index contributed by atoms with van der Waals surface area (Å²) in [5, 5.41) is 12.4. The summed E-state index contributed by atoms with van der Waals surface area (Å²) in [6, 6.07) is 116. The molecule has 392 valence electrons. The summed E-state index contributed by atoms with van der Waals surface area (Å²) in [5.41, 5.74) is 20.8. The minimum absolute atomic E-state index is 1.06. The number of rotatable bonds is 9. The Balaban J connectivity index is 0.796. The Kier molecular flexibility index (Phi) is 10.9. The molecule has 0 aliphatic carbocycles. The van der Waals surface area contributed by atoms with Crippen molar-refractivity contribution in [3.05, 3.63) is 315 Å². The summed E-state index contributed by atoms with van der Waals surface area (Å²) >= 11 is 0. The van der Waals surface area contributed by atoms with Crippen molar-refractivity contribution in [2.45, 2.75) is 0 Å². The van der Waals surface area contributed by atoms with Crippen LogP contribution in [0, 0.1) is 0 Å². The monoisotopic (exact) mass is 1070 g/mol. The zero-order valence-electron chi connectivity index (χ0n) is 45.8. The molecular formula is C80H52N4. The van der Waals surface area contributed by atoms with Crippen molar-refractivity contribution in [2.24, 2.45) is 0 Å². The van der Waals surface area contributed by atoms with Gasteiger partial charge in [-0.15, -0.1) is 0 Å². The van der Waals surface area contributed by atoms with Gasteiger partial charge in [0.1, 0.15) is 0 Å². The molecule has 3 heterocycles. The van der Waals surface area contributed by atoms with Crippen molar-refractivity contribution in [1.29, 1.82) is 0 Å². The van der Waals surface area contributed by atoms with Crippen LogP contribution in [0.3, 0.4) is 0 Å². The van der Waals surface area contributed by atoms with E-state index in [1.807, 2.05) is 0 Å². The largest absolute Gasteiger partial charge is 0.310 e. The van der Waals surface area contributed by atoms with Crippen LogP contribution in [0.15, 0.2) is 315 Å². The number of hydrogen-bond donors (Lipinski definition) is 0. The Bertz CT molecular complexity index is 5090. The Morgan fingerprint density at radius 1 is 0.179 bits per heavy atom. The molecule has 0 saturated carbocycles. The zero-order valence-corrected chi connectivity index (χ0v) is 45.8. The molecule has 0 spiro atoms. The maximum absolute atomic E-state index is 2.43. The van der Waals surface area contributed by atoms with Gasteiger partial charge in [-0.3, -0.25) is 0 Å². The average molecular weight is 1070 g/mol. The zero-order chi connectivity index (χ0) is 55.2. The molecule has 0 bridgehead atoms. The van der Waals surface area contributed by atoms with Gasteiger partial charge >= 0.3 is 0 Å². The second-order valence-corrected chi connectivity index (χ2v) is 22.0. The fourth-order valence-electron chi connectivity index (χ4n) is 13.8. The molecule has 3 aromatic heterocycles. The lowest BCUT2D eigenvalue weighted by atomic mass is 9.96. The van der Waals surface area contributed by atoms with Gasteiger partial charge in [-0.25, -0.2) is 0 Å². The van der Waals surface area contributed by atoms with Crippen LogP contribution >= 0.6 is 0 Å². The predicted molar refractivity (Wildman–Crippen MR) is 355 cm³/mol. The van der Waals surface area contributed by atoms with E-state index in [0.717, 1.165) is 45.0 Å². The van der Waals surface area contributed by atoms with Crippen LogP contribution in [0.5, 0.6) is 0 Å². The van der Waals surface area contributed by atoms with Crippen LogP contribution in [0.4, 0.5) is 17.1 Å². The highest BCUT2D eigenvalue weighted by Crippen LogP contribution is 2.44. The van der Waals surface area contributed by atoms with E-state index in [0.29, 0.717) is 0 Å². The summed E-state index contributed by atoms with van der Waals surface area (Å²) in [7, 11) is 0. The van der Waals surface area contributed by atoms with E-state index in [-0.39, 0.29) is 0 Å². The fourth-order valence-corrected chi connectivity index (χ4v) is 13.8. The minimum Gasteiger partial charge on any atom is -0.310 e. The van der Waals surface area contributed by atoms with Gasteiger partial charge in [-0.1, -0.05) is 224 Å². The molecule has 0 amide bonds. The van der Waals surface area contributed by atoms with Crippen molar-refractivity contribution in [3.63, 3.8) is 0 Å². The van der Waals surface area contributed by atoms with Crippen LogP contribution in [0.1, 0.15) is 0 Å². The third kappa shape index (κ3) is 7.41. The number of fused-ring (bicyclic) bond motifs is 11. The molecule has 4 heteroatoms. The molecule has 0 unspecified atom stereocenters. The number of nitrogens with zero attached hydrogens (tertiary/aromatic N) is 4. The maximum Gasteiger partial charge on any atom is 0.0541 e. The number of hydrogen-bond acceptors (Lipinski definition) is 1. The SMILES string of the molecule is c1cc(-c2ccccc2-n2c3ccccc3c3ccccc32)cc(N(c2ccc(-c3cccc4c(-n5c6ccccc6c6ccccc65)cccc34)cc2)c2ccc(-c3ccc(-n4c5ccccc5c5ccccc54)c4ccccc34)cc2)c1. The first-order valence-corrected chi connectivity index (χ1v) is 28.9. The molecule has 14 aromatic carbocycles. The Labute approximate surface area is 485 Å². The number of aromatic nitrogens is 3. The Hall–Kier alpha value is -11.2. The van der Waals surface area contributed by atoms with Crippen LogP contribution in [-0.4, -0.2) is 13.7 Å². The molecular weight excluding hydrogens is 1020 g/mol. The second-order valence-electron chi connectivity index (χ2n) is 22.0. The van der Waals surface area contributed by atoms with Crippen molar-refractivity contribution in [3.8, 4) is 50.4 Å². The van der Waals surface area contributed by atoms with E-state index in [1.165, 1.54) is 109 Å². The normalized spacial score (nSPS) is 11.8. The summed E-state index contributed by atoms with van der Waals surface area (Å²) in [4.78, 5) is 2.41. The van der Waals surface area contributed by atoms with Crippen LogP contribution in [-0.2, 0) is 0 Å². The van der Waals surface area contributed by atoms with Crippen LogP contribution in [0.25, 0.3) is 137 Å². The number of anilines is 3. The van der Waals surface area contributed by atoms with Crippen molar-refractivity contribution in [2.75, 3.05) is 4.90 Å².